The molecule has 2 aromatic heterocycles. The molecule has 2 fully saturated rings. The number of rotatable bonds is 8. The first-order valence-corrected chi connectivity index (χ1v) is 13.1. The number of hydrogen-bond donors (Lipinski definition) is 2. The minimum atomic E-state index is 0.439. The van der Waals surface area contributed by atoms with Gasteiger partial charge in [-0.15, -0.1) is 0 Å². The highest BCUT2D eigenvalue weighted by atomic mass is 32.1. The molecule has 2 heterocycles. The number of nitrogens with zero attached hydrogens (tertiary/aromatic N) is 4. The van der Waals surface area contributed by atoms with Crippen LogP contribution in [0.5, 0.6) is 0 Å². The Morgan fingerprint density at radius 3 is 2.39 bits per heavy atom. The van der Waals surface area contributed by atoms with Crippen molar-refractivity contribution in [2.75, 3.05) is 6.54 Å². The molecule has 0 spiro atoms. The average Bonchev–Trinajstić information content (AvgIpc) is 3.76. The van der Waals surface area contributed by atoms with Gasteiger partial charge in [-0.25, -0.2) is 15.0 Å². The fraction of sp³-hybridized carbons (Fsp3) is 0.593. The SMILES string of the molecule is CC.Cc1ccc(C2CC2)cc1C.Cc1ncnc2c1ncn2C(CCNS)CCC1CC1. The largest absolute Gasteiger partial charge is 0.312 e. The molecule has 2 aliphatic rings. The smallest absolute Gasteiger partial charge is 0.163 e. The second kappa shape index (κ2) is 12.5. The highest BCUT2D eigenvalue weighted by Gasteiger charge is 2.24. The van der Waals surface area contributed by atoms with Crippen molar-refractivity contribution in [3.63, 3.8) is 0 Å². The summed E-state index contributed by atoms with van der Waals surface area (Å²) >= 11 is 4.10. The zero-order chi connectivity index (χ0) is 23.8. The first-order chi connectivity index (χ1) is 16.1. The number of aromatic nitrogens is 4. The van der Waals surface area contributed by atoms with E-state index >= 15 is 0 Å². The van der Waals surface area contributed by atoms with Crippen molar-refractivity contribution in [1.29, 1.82) is 0 Å². The molecule has 1 aromatic carbocycles. The molecule has 0 saturated heterocycles. The standard InChI is InChI=1S/C14H21N5S.C11H14.C2H6/c1-10-13-14(16-8-15-10)19(9-17-13)12(6-7-18-20)5-4-11-2-3-11;1-8-3-4-11(7-9(8)2)10-5-6-10;1-2/h8-9,11-12,18,20H,2-7H2,1H3;3-4,7,10H,5-6H2,1-2H3;1-2H3. The molecule has 2 aliphatic carbocycles. The summed E-state index contributed by atoms with van der Waals surface area (Å²) in [5.74, 6) is 1.85. The van der Waals surface area contributed by atoms with Gasteiger partial charge in [0.2, 0.25) is 0 Å². The molecule has 1 unspecified atom stereocenters. The Morgan fingerprint density at radius 1 is 1.00 bits per heavy atom. The number of nitrogens with one attached hydrogen (secondary N) is 1. The predicted octanol–water partition coefficient (Wildman–Crippen LogP) is 6.90. The Hall–Kier alpha value is -1.92. The van der Waals surface area contributed by atoms with Crippen molar-refractivity contribution in [2.24, 2.45) is 5.92 Å². The quantitative estimate of drug-likeness (QED) is 0.354. The first-order valence-electron chi connectivity index (χ1n) is 12.6. The predicted molar refractivity (Wildman–Crippen MR) is 142 cm³/mol. The van der Waals surface area contributed by atoms with Crippen LogP contribution < -0.4 is 4.72 Å². The molecule has 33 heavy (non-hydrogen) atoms. The van der Waals surface area contributed by atoms with Crippen LogP contribution >= 0.6 is 12.8 Å². The Bertz CT molecular complexity index is 1010. The molecule has 180 valence electrons. The summed E-state index contributed by atoms with van der Waals surface area (Å²) in [7, 11) is 0. The minimum Gasteiger partial charge on any atom is -0.312 e. The first kappa shape index (κ1) is 25.7. The van der Waals surface area contributed by atoms with Crippen LogP contribution in [0.3, 0.4) is 0 Å². The third kappa shape index (κ3) is 7.28. The maximum absolute atomic E-state index is 4.49. The fourth-order valence-electron chi connectivity index (χ4n) is 4.16. The van der Waals surface area contributed by atoms with Crippen molar-refractivity contribution in [3.05, 3.63) is 53.2 Å². The van der Waals surface area contributed by atoms with E-state index in [9.17, 15) is 0 Å². The molecule has 5 nitrogen and oxygen atoms in total. The normalized spacial score (nSPS) is 15.9. The van der Waals surface area contributed by atoms with E-state index in [1.54, 1.807) is 11.9 Å². The fourth-order valence-corrected chi connectivity index (χ4v) is 4.29. The number of aryl methyl sites for hydroxylation is 3. The lowest BCUT2D eigenvalue weighted by Crippen LogP contribution is -2.14. The molecule has 0 amide bonds. The van der Waals surface area contributed by atoms with Crippen LogP contribution in [0.4, 0.5) is 0 Å². The summed E-state index contributed by atoms with van der Waals surface area (Å²) in [6.07, 6.45) is 12.7. The Balaban J connectivity index is 0.000000199. The van der Waals surface area contributed by atoms with E-state index in [2.05, 4.69) is 69.1 Å². The number of fused-ring (bicyclic) bond motifs is 1. The van der Waals surface area contributed by atoms with E-state index in [1.807, 2.05) is 27.1 Å². The second-order valence-electron chi connectivity index (χ2n) is 9.27. The number of thiol groups is 1. The van der Waals surface area contributed by atoms with Gasteiger partial charge in [0.05, 0.1) is 12.0 Å². The number of hydrogen-bond acceptors (Lipinski definition) is 5. The van der Waals surface area contributed by atoms with Gasteiger partial charge < -0.3 is 4.57 Å². The Labute approximate surface area is 205 Å². The average molecular weight is 468 g/mol. The zero-order valence-corrected chi connectivity index (χ0v) is 21.9. The molecule has 6 heteroatoms. The van der Waals surface area contributed by atoms with E-state index in [0.29, 0.717) is 6.04 Å². The lowest BCUT2D eigenvalue weighted by molar-refractivity contribution is 0.420. The molecular formula is C27H41N5S. The van der Waals surface area contributed by atoms with Crippen molar-refractivity contribution in [1.82, 2.24) is 24.2 Å². The Morgan fingerprint density at radius 2 is 1.76 bits per heavy atom. The van der Waals surface area contributed by atoms with Gasteiger partial charge in [-0.3, -0.25) is 4.72 Å². The van der Waals surface area contributed by atoms with Gasteiger partial charge in [-0.2, -0.15) is 0 Å². The van der Waals surface area contributed by atoms with Crippen molar-refractivity contribution in [2.45, 2.75) is 91.5 Å². The van der Waals surface area contributed by atoms with Crippen molar-refractivity contribution >= 4 is 24.0 Å². The van der Waals surface area contributed by atoms with Crippen molar-refractivity contribution in [3.8, 4) is 0 Å². The summed E-state index contributed by atoms with van der Waals surface area (Å²) in [4.78, 5) is 13.1. The molecule has 0 bridgehead atoms. The minimum absolute atomic E-state index is 0.439. The molecule has 1 N–H and O–H groups in total. The van der Waals surface area contributed by atoms with E-state index in [0.717, 1.165) is 41.7 Å². The van der Waals surface area contributed by atoms with Crippen LogP contribution in [-0.2, 0) is 0 Å². The molecular weight excluding hydrogens is 426 g/mol. The van der Waals surface area contributed by atoms with Crippen LogP contribution in [0, 0.1) is 26.7 Å². The third-order valence-electron chi connectivity index (χ3n) is 6.71. The third-order valence-corrected chi connectivity index (χ3v) is 6.93. The lowest BCUT2D eigenvalue weighted by Gasteiger charge is -2.18. The summed E-state index contributed by atoms with van der Waals surface area (Å²) < 4.78 is 5.17. The highest BCUT2D eigenvalue weighted by molar-refractivity contribution is 7.78. The van der Waals surface area contributed by atoms with Gasteiger partial charge in [0.15, 0.2) is 5.65 Å². The van der Waals surface area contributed by atoms with Crippen LogP contribution in [-0.4, -0.2) is 26.1 Å². The zero-order valence-electron chi connectivity index (χ0n) is 21.0. The molecule has 3 aromatic rings. The maximum atomic E-state index is 4.49. The molecule has 1 atom stereocenters. The van der Waals surface area contributed by atoms with Crippen molar-refractivity contribution < 1.29 is 0 Å². The van der Waals surface area contributed by atoms with Gasteiger partial charge in [0, 0.05) is 12.6 Å². The van der Waals surface area contributed by atoms with Gasteiger partial charge in [0.1, 0.15) is 11.8 Å². The summed E-state index contributed by atoms with van der Waals surface area (Å²) in [5, 5.41) is 0. The highest BCUT2D eigenvalue weighted by Crippen LogP contribution is 2.40. The van der Waals surface area contributed by atoms with Crippen LogP contribution in [0.25, 0.3) is 11.2 Å². The van der Waals surface area contributed by atoms with E-state index in [4.69, 9.17) is 0 Å². The lowest BCUT2D eigenvalue weighted by atomic mass is 10.0. The van der Waals surface area contributed by atoms with Gasteiger partial charge in [-0.05, 0) is 81.4 Å². The second-order valence-corrected chi connectivity index (χ2v) is 9.59. The summed E-state index contributed by atoms with van der Waals surface area (Å²) in [5.41, 5.74) is 7.22. The van der Waals surface area contributed by atoms with Crippen LogP contribution in [0.2, 0.25) is 0 Å². The summed E-state index contributed by atoms with van der Waals surface area (Å²) in [6, 6.07) is 7.30. The summed E-state index contributed by atoms with van der Waals surface area (Å²) in [6.45, 7) is 11.2. The molecule has 0 radical (unpaired) electrons. The van der Waals surface area contributed by atoms with E-state index in [-0.39, 0.29) is 0 Å². The van der Waals surface area contributed by atoms with Gasteiger partial charge >= 0.3 is 0 Å². The molecule has 2 saturated carbocycles. The molecule has 5 rings (SSSR count). The Kier molecular flexibility index (Phi) is 9.75. The maximum Gasteiger partial charge on any atom is 0.163 e. The number of imidazole rings is 1. The van der Waals surface area contributed by atoms with E-state index < -0.39 is 0 Å². The monoisotopic (exact) mass is 467 g/mol. The van der Waals surface area contributed by atoms with Crippen LogP contribution in [0.1, 0.15) is 93.1 Å². The van der Waals surface area contributed by atoms with Crippen LogP contribution in [0.15, 0.2) is 30.9 Å². The van der Waals surface area contributed by atoms with Gasteiger partial charge in [-0.1, -0.05) is 57.7 Å². The molecule has 0 aliphatic heterocycles. The van der Waals surface area contributed by atoms with E-state index in [1.165, 1.54) is 49.7 Å². The topological polar surface area (TPSA) is 55.6 Å². The number of benzene rings is 1. The van der Waals surface area contributed by atoms with Gasteiger partial charge in [0.25, 0.3) is 0 Å².